The summed E-state index contributed by atoms with van der Waals surface area (Å²) < 4.78 is 5.44. The van der Waals surface area contributed by atoms with E-state index >= 15 is 0 Å². The van der Waals surface area contributed by atoms with Gasteiger partial charge in [0.25, 0.3) is 0 Å². The predicted octanol–water partition coefficient (Wildman–Crippen LogP) is 1.22. The molecule has 2 aliphatic carbocycles. The maximum absolute atomic E-state index is 6.06. The zero-order chi connectivity index (χ0) is 10.9. The lowest BCUT2D eigenvalue weighted by molar-refractivity contribution is -0.00326. The molecule has 3 heteroatoms. The second-order valence-electron chi connectivity index (χ2n) is 5.03. The molecule has 1 unspecified atom stereocenters. The molecule has 0 aromatic heterocycles. The van der Waals surface area contributed by atoms with Crippen LogP contribution >= 0.6 is 0 Å². The van der Waals surface area contributed by atoms with E-state index in [0.29, 0.717) is 0 Å². The fraction of sp³-hybridized carbons (Fsp3) is 1.00. The lowest BCUT2D eigenvalue weighted by Gasteiger charge is -2.43. The Morgan fingerprint density at radius 3 is 2.33 bits per heavy atom. The molecule has 3 nitrogen and oxygen atoms in total. The average molecular weight is 212 g/mol. The quantitative estimate of drug-likeness (QED) is 0.689. The highest BCUT2D eigenvalue weighted by molar-refractivity contribution is 5.07. The Bertz CT molecular complexity index is 214. The molecule has 2 saturated carbocycles. The number of hydrogen-bond donors (Lipinski definition) is 1. The normalized spacial score (nSPS) is 25.6. The van der Waals surface area contributed by atoms with Crippen LogP contribution in [0.4, 0.5) is 0 Å². The van der Waals surface area contributed by atoms with Crippen LogP contribution in [0.15, 0.2) is 0 Å². The summed E-state index contributed by atoms with van der Waals surface area (Å²) >= 11 is 0. The van der Waals surface area contributed by atoms with Crippen LogP contribution in [-0.4, -0.2) is 43.3 Å². The highest BCUT2D eigenvalue weighted by Gasteiger charge is 2.51. The van der Waals surface area contributed by atoms with Crippen LogP contribution in [0, 0.1) is 5.92 Å². The monoisotopic (exact) mass is 212 g/mol. The first-order chi connectivity index (χ1) is 7.28. The first-order valence-corrected chi connectivity index (χ1v) is 6.24. The lowest BCUT2D eigenvalue weighted by atomic mass is 9.91. The number of likely N-dealkylation sites (N-methyl/N-ethyl adjacent to an activating group) is 1. The minimum Gasteiger partial charge on any atom is -0.383 e. The minimum atomic E-state index is 0.144. The van der Waals surface area contributed by atoms with Gasteiger partial charge in [0.15, 0.2) is 0 Å². The van der Waals surface area contributed by atoms with E-state index in [2.05, 4.69) is 11.8 Å². The topological polar surface area (TPSA) is 38.5 Å². The molecular formula is C12H24N2O. The van der Waals surface area contributed by atoms with Crippen molar-refractivity contribution in [3.8, 4) is 0 Å². The van der Waals surface area contributed by atoms with Gasteiger partial charge in [0.05, 0.1) is 12.1 Å². The van der Waals surface area contributed by atoms with Crippen molar-refractivity contribution in [1.29, 1.82) is 0 Å². The SMILES string of the molecule is CCN(C1CC1)C(CN)(COC)C1CC1. The molecule has 0 aliphatic heterocycles. The Morgan fingerprint density at radius 2 is 2.00 bits per heavy atom. The summed E-state index contributed by atoms with van der Waals surface area (Å²) in [6.07, 6.45) is 5.38. The van der Waals surface area contributed by atoms with Gasteiger partial charge in [-0.15, -0.1) is 0 Å². The largest absolute Gasteiger partial charge is 0.383 e. The maximum Gasteiger partial charge on any atom is 0.0661 e. The van der Waals surface area contributed by atoms with E-state index in [1.165, 1.54) is 25.7 Å². The Balaban J connectivity index is 2.12. The Hall–Kier alpha value is -0.120. The summed E-state index contributed by atoms with van der Waals surface area (Å²) in [6, 6.07) is 0.786. The molecule has 2 rings (SSSR count). The Labute approximate surface area is 93.0 Å². The van der Waals surface area contributed by atoms with Crippen LogP contribution in [0.1, 0.15) is 32.6 Å². The standard InChI is InChI=1S/C12H24N2O/c1-3-14(11-6-7-11)12(8-13,9-15-2)10-4-5-10/h10-11H,3-9,13H2,1-2H3. The van der Waals surface area contributed by atoms with Crippen molar-refractivity contribution in [2.24, 2.45) is 11.7 Å². The summed E-state index contributed by atoms with van der Waals surface area (Å²) in [5.74, 6) is 0.781. The zero-order valence-corrected chi connectivity index (χ0v) is 10.0. The van der Waals surface area contributed by atoms with E-state index in [1.807, 2.05) is 0 Å². The van der Waals surface area contributed by atoms with E-state index < -0.39 is 0 Å². The Kier molecular flexibility index (Phi) is 3.33. The van der Waals surface area contributed by atoms with Gasteiger partial charge in [-0.2, -0.15) is 0 Å². The van der Waals surface area contributed by atoms with E-state index in [-0.39, 0.29) is 5.54 Å². The number of nitrogens with zero attached hydrogens (tertiary/aromatic N) is 1. The number of rotatable bonds is 7. The van der Waals surface area contributed by atoms with Crippen molar-refractivity contribution in [2.75, 3.05) is 26.8 Å². The van der Waals surface area contributed by atoms with Crippen molar-refractivity contribution in [3.63, 3.8) is 0 Å². The van der Waals surface area contributed by atoms with E-state index in [4.69, 9.17) is 10.5 Å². The number of ether oxygens (including phenoxy) is 1. The number of methoxy groups -OCH3 is 1. The van der Waals surface area contributed by atoms with Crippen molar-refractivity contribution in [1.82, 2.24) is 4.90 Å². The predicted molar refractivity (Wildman–Crippen MR) is 61.8 cm³/mol. The first-order valence-electron chi connectivity index (χ1n) is 6.24. The van der Waals surface area contributed by atoms with Crippen molar-refractivity contribution >= 4 is 0 Å². The van der Waals surface area contributed by atoms with Crippen LogP contribution in [0.2, 0.25) is 0 Å². The molecular weight excluding hydrogens is 188 g/mol. The molecule has 0 spiro atoms. The second kappa shape index (κ2) is 4.40. The molecule has 0 heterocycles. The van der Waals surface area contributed by atoms with E-state index in [1.54, 1.807) is 7.11 Å². The summed E-state index contributed by atoms with van der Waals surface area (Å²) in [5, 5.41) is 0. The molecule has 0 amide bonds. The van der Waals surface area contributed by atoms with Gasteiger partial charge in [-0.1, -0.05) is 6.92 Å². The van der Waals surface area contributed by atoms with Gasteiger partial charge in [0.1, 0.15) is 0 Å². The molecule has 0 bridgehead atoms. The minimum absolute atomic E-state index is 0.144. The van der Waals surface area contributed by atoms with Gasteiger partial charge in [-0.25, -0.2) is 0 Å². The van der Waals surface area contributed by atoms with E-state index in [0.717, 1.165) is 31.7 Å². The van der Waals surface area contributed by atoms with Crippen LogP contribution in [-0.2, 0) is 4.74 Å². The highest BCUT2D eigenvalue weighted by atomic mass is 16.5. The third-order valence-electron chi connectivity index (χ3n) is 3.99. The molecule has 1 atom stereocenters. The summed E-state index contributed by atoms with van der Waals surface area (Å²) in [7, 11) is 1.80. The van der Waals surface area contributed by atoms with E-state index in [9.17, 15) is 0 Å². The van der Waals surface area contributed by atoms with Crippen molar-refractivity contribution in [3.05, 3.63) is 0 Å². The Morgan fingerprint density at radius 1 is 1.33 bits per heavy atom. The summed E-state index contributed by atoms with van der Waals surface area (Å²) in [4.78, 5) is 2.62. The fourth-order valence-corrected chi connectivity index (χ4v) is 2.97. The van der Waals surface area contributed by atoms with Crippen LogP contribution in [0.25, 0.3) is 0 Å². The van der Waals surface area contributed by atoms with Crippen molar-refractivity contribution < 1.29 is 4.74 Å². The molecule has 88 valence electrons. The van der Waals surface area contributed by atoms with Gasteiger partial charge in [-0.05, 0) is 38.1 Å². The molecule has 0 radical (unpaired) electrons. The number of hydrogen-bond acceptors (Lipinski definition) is 3. The van der Waals surface area contributed by atoms with Crippen LogP contribution < -0.4 is 5.73 Å². The fourth-order valence-electron chi connectivity index (χ4n) is 2.97. The smallest absolute Gasteiger partial charge is 0.0661 e. The second-order valence-corrected chi connectivity index (χ2v) is 5.03. The lowest BCUT2D eigenvalue weighted by Crippen LogP contribution is -2.59. The van der Waals surface area contributed by atoms with Gasteiger partial charge in [-0.3, -0.25) is 4.90 Å². The van der Waals surface area contributed by atoms with Gasteiger partial charge in [0, 0.05) is 19.7 Å². The van der Waals surface area contributed by atoms with Crippen LogP contribution in [0.3, 0.4) is 0 Å². The van der Waals surface area contributed by atoms with Gasteiger partial charge >= 0.3 is 0 Å². The summed E-state index contributed by atoms with van der Waals surface area (Å²) in [5.41, 5.74) is 6.20. The molecule has 2 aliphatic rings. The average Bonchev–Trinajstić information content (AvgIpc) is 3.07. The summed E-state index contributed by atoms with van der Waals surface area (Å²) in [6.45, 7) is 4.91. The third-order valence-corrected chi connectivity index (χ3v) is 3.99. The highest BCUT2D eigenvalue weighted by Crippen LogP contribution is 2.46. The van der Waals surface area contributed by atoms with Crippen molar-refractivity contribution in [2.45, 2.75) is 44.2 Å². The van der Waals surface area contributed by atoms with Crippen LogP contribution in [0.5, 0.6) is 0 Å². The molecule has 0 aromatic rings. The molecule has 2 fully saturated rings. The molecule has 15 heavy (non-hydrogen) atoms. The first kappa shape index (κ1) is 11.4. The van der Waals surface area contributed by atoms with Gasteiger partial charge in [0.2, 0.25) is 0 Å². The maximum atomic E-state index is 6.06. The van der Waals surface area contributed by atoms with Gasteiger partial charge < -0.3 is 10.5 Å². The molecule has 0 saturated heterocycles. The molecule has 0 aromatic carbocycles. The third kappa shape index (κ3) is 2.05. The zero-order valence-electron chi connectivity index (χ0n) is 10.0. The molecule has 2 N–H and O–H groups in total. The number of nitrogens with two attached hydrogens (primary N) is 1.